The van der Waals surface area contributed by atoms with Crippen LogP contribution in [0.1, 0.15) is 58.8 Å². The molecule has 0 saturated carbocycles. The Balaban J connectivity index is 2.53. The van der Waals surface area contributed by atoms with Crippen molar-refractivity contribution in [2.24, 2.45) is 5.73 Å². The molecule has 1 unspecified atom stereocenters. The monoisotopic (exact) mass is 212 g/mol. The molecule has 0 radical (unpaired) electrons. The minimum Gasteiger partial charge on any atom is -0.329 e. The van der Waals surface area contributed by atoms with Crippen LogP contribution >= 0.6 is 0 Å². The highest BCUT2D eigenvalue weighted by molar-refractivity contribution is 4.83. The van der Waals surface area contributed by atoms with Crippen molar-refractivity contribution in [1.29, 1.82) is 0 Å². The van der Waals surface area contributed by atoms with Crippen molar-refractivity contribution in [3.63, 3.8) is 0 Å². The molecule has 0 aliphatic carbocycles. The van der Waals surface area contributed by atoms with E-state index < -0.39 is 0 Å². The average molecular weight is 212 g/mol. The first-order valence-corrected chi connectivity index (χ1v) is 6.79. The number of likely N-dealkylation sites (tertiary alicyclic amines) is 1. The largest absolute Gasteiger partial charge is 0.329 e. The predicted octanol–water partition coefficient (Wildman–Crippen LogP) is 2.77. The highest BCUT2D eigenvalue weighted by atomic mass is 15.2. The maximum Gasteiger partial charge on any atom is 0.0221 e. The summed E-state index contributed by atoms with van der Waals surface area (Å²) in [4.78, 5) is 2.70. The van der Waals surface area contributed by atoms with E-state index in [0.717, 1.165) is 12.6 Å². The zero-order valence-electron chi connectivity index (χ0n) is 10.5. The standard InChI is InChI=1S/C13H28N2/c1-3-7-12(8-4-2)15-10-6-5-9-13(15)11-14/h12-13H,3-11,14H2,1-2H3. The zero-order valence-corrected chi connectivity index (χ0v) is 10.5. The SMILES string of the molecule is CCCC(CCC)N1CCCCC1CN. The predicted molar refractivity (Wildman–Crippen MR) is 67.0 cm³/mol. The van der Waals surface area contributed by atoms with Crippen LogP contribution in [0.25, 0.3) is 0 Å². The molecule has 2 N–H and O–H groups in total. The summed E-state index contributed by atoms with van der Waals surface area (Å²) in [5, 5.41) is 0. The molecule has 1 heterocycles. The Morgan fingerprint density at radius 1 is 1.20 bits per heavy atom. The third-order valence-corrected chi connectivity index (χ3v) is 3.66. The van der Waals surface area contributed by atoms with Crippen molar-refractivity contribution in [3.05, 3.63) is 0 Å². The quantitative estimate of drug-likeness (QED) is 0.733. The van der Waals surface area contributed by atoms with Gasteiger partial charge < -0.3 is 5.73 Å². The van der Waals surface area contributed by atoms with Crippen molar-refractivity contribution >= 4 is 0 Å². The number of piperidine rings is 1. The van der Waals surface area contributed by atoms with Gasteiger partial charge in [-0.05, 0) is 32.2 Å². The van der Waals surface area contributed by atoms with Crippen LogP contribution in [0.4, 0.5) is 0 Å². The summed E-state index contributed by atoms with van der Waals surface area (Å²) in [6, 6.07) is 1.47. The lowest BCUT2D eigenvalue weighted by molar-refractivity contribution is 0.0874. The second kappa shape index (κ2) is 7.24. The molecule has 1 atom stereocenters. The van der Waals surface area contributed by atoms with Crippen LogP contribution in [0, 0.1) is 0 Å². The van der Waals surface area contributed by atoms with Crippen molar-refractivity contribution in [1.82, 2.24) is 4.90 Å². The normalized spacial score (nSPS) is 23.6. The molecule has 2 heteroatoms. The molecule has 0 aromatic carbocycles. The average Bonchev–Trinajstić information content (AvgIpc) is 2.29. The molecule has 15 heavy (non-hydrogen) atoms. The zero-order chi connectivity index (χ0) is 11.1. The second-order valence-corrected chi connectivity index (χ2v) is 4.85. The Hall–Kier alpha value is -0.0800. The van der Waals surface area contributed by atoms with Crippen LogP contribution in [0.15, 0.2) is 0 Å². The molecule has 1 aliphatic rings. The Morgan fingerprint density at radius 3 is 2.40 bits per heavy atom. The van der Waals surface area contributed by atoms with Gasteiger partial charge in [0, 0.05) is 18.6 Å². The summed E-state index contributed by atoms with van der Waals surface area (Å²) in [6.07, 6.45) is 9.38. The van der Waals surface area contributed by atoms with Gasteiger partial charge in [-0.1, -0.05) is 33.1 Å². The highest BCUT2D eigenvalue weighted by Gasteiger charge is 2.26. The van der Waals surface area contributed by atoms with Gasteiger partial charge in [-0.3, -0.25) is 4.90 Å². The minimum absolute atomic E-state index is 0.668. The van der Waals surface area contributed by atoms with Gasteiger partial charge in [0.05, 0.1) is 0 Å². The van der Waals surface area contributed by atoms with Gasteiger partial charge in [-0.25, -0.2) is 0 Å². The summed E-state index contributed by atoms with van der Waals surface area (Å²) in [5.41, 5.74) is 5.88. The van der Waals surface area contributed by atoms with Crippen LogP contribution in [-0.2, 0) is 0 Å². The number of hydrogen-bond donors (Lipinski definition) is 1. The van der Waals surface area contributed by atoms with Gasteiger partial charge in [0.15, 0.2) is 0 Å². The van der Waals surface area contributed by atoms with E-state index in [-0.39, 0.29) is 0 Å². The van der Waals surface area contributed by atoms with Crippen LogP contribution in [0.3, 0.4) is 0 Å². The Kier molecular flexibility index (Phi) is 6.26. The van der Waals surface area contributed by atoms with Crippen LogP contribution in [-0.4, -0.2) is 30.1 Å². The lowest BCUT2D eigenvalue weighted by Gasteiger charge is -2.41. The van der Waals surface area contributed by atoms with Gasteiger partial charge in [0.1, 0.15) is 0 Å². The molecule has 1 saturated heterocycles. The Morgan fingerprint density at radius 2 is 1.87 bits per heavy atom. The number of nitrogens with two attached hydrogens (primary N) is 1. The van der Waals surface area contributed by atoms with E-state index in [4.69, 9.17) is 5.73 Å². The maximum absolute atomic E-state index is 5.88. The van der Waals surface area contributed by atoms with E-state index in [1.807, 2.05) is 0 Å². The number of rotatable bonds is 6. The molecular weight excluding hydrogens is 184 g/mol. The topological polar surface area (TPSA) is 29.3 Å². The molecule has 0 aromatic heterocycles. The van der Waals surface area contributed by atoms with Crippen molar-refractivity contribution in [2.45, 2.75) is 70.9 Å². The number of hydrogen-bond acceptors (Lipinski definition) is 2. The van der Waals surface area contributed by atoms with E-state index in [1.54, 1.807) is 0 Å². The van der Waals surface area contributed by atoms with E-state index in [9.17, 15) is 0 Å². The van der Waals surface area contributed by atoms with Gasteiger partial charge in [0.2, 0.25) is 0 Å². The maximum atomic E-state index is 5.88. The molecular formula is C13H28N2. The summed E-state index contributed by atoms with van der Waals surface area (Å²) in [7, 11) is 0. The van der Waals surface area contributed by atoms with E-state index in [1.165, 1.54) is 51.5 Å². The first-order chi connectivity index (χ1) is 7.33. The van der Waals surface area contributed by atoms with Crippen molar-refractivity contribution in [2.75, 3.05) is 13.1 Å². The molecule has 0 bridgehead atoms. The van der Waals surface area contributed by atoms with Gasteiger partial charge in [-0.2, -0.15) is 0 Å². The molecule has 90 valence electrons. The fourth-order valence-electron chi connectivity index (χ4n) is 2.90. The minimum atomic E-state index is 0.668. The summed E-state index contributed by atoms with van der Waals surface area (Å²) < 4.78 is 0. The Labute approximate surface area is 95.2 Å². The van der Waals surface area contributed by atoms with E-state index >= 15 is 0 Å². The molecule has 0 aromatic rings. The van der Waals surface area contributed by atoms with Crippen LogP contribution in [0.2, 0.25) is 0 Å². The first kappa shape index (κ1) is 13.0. The van der Waals surface area contributed by atoms with Crippen molar-refractivity contribution in [3.8, 4) is 0 Å². The molecule has 1 fully saturated rings. The van der Waals surface area contributed by atoms with Crippen LogP contribution < -0.4 is 5.73 Å². The summed E-state index contributed by atoms with van der Waals surface area (Å²) in [6.45, 7) is 6.73. The molecule has 1 aliphatic heterocycles. The van der Waals surface area contributed by atoms with E-state index in [2.05, 4.69) is 18.7 Å². The van der Waals surface area contributed by atoms with Crippen molar-refractivity contribution < 1.29 is 0 Å². The molecule has 1 rings (SSSR count). The summed E-state index contributed by atoms with van der Waals surface area (Å²) >= 11 is 0. The Bertz CT molecular complexity index is 153. The van der Waals surface area contributed by atoms with Gasteiger partial charge >= 0.3 is 0 Å². The van der Waals surface area contributed by atoms with Crippen LogP contribution in [0.5, 0.6) is 0 Å². The fourth-order valence-corrected chi connectivity index (χ4v) is 2.90. The highest BCUT2D eigenvalue weighted by Crippen LogP contribution is 2.23. The third-order valence-electron chi connectivity index (χ3n) is 3.66. The molecule has 0 amide bonds. The second-order valence-electron chi connectivity index (χ2n) is 4.85. The first-order valence-electron chi connectivity index (χ1n) is 6.79. The van der Waals surface area contributed by atoms with E-state index in [0.29, 0.717) is 6.04 Å². The van der Waals surface area contributed by atoms with Gasteiger partial charge in [0.25, 0.3) is 0 Å². The third kappa shape index (κ3) is 3.76. The number of nitrogens with zero attached hydrogens (tertiary/aromatic N) is 1. The lowest BCUT2D eigenvalue weighted by atomic mass is 9.96. The lowest BCUT2D eigenvalue weighted by Crippen LogP contribution is -2.49. The fraction of sp³-hybridized carbons (Fsp3) is 1.00. The van der Waals surface area contributed by atoms with Gasteiger partial charge in [-0.15, -0.1) is 0 Å². The molecule has 2 nitrogen and oxygen atoms in total. The molecule has 0 spiro atoms. The summed E-state index contributed by atoms with van der Waals surface area (Å²) in [5.74, 6) is 0. The smallest absolute Gasteiger partial charge is 0.0221 e.